The molecule has 4 heteroatoms. The van der Waals surface area contributed by atoms with Crippen molar-refractivity contribution in [1.82, 2.24) is 9.78 Å². The number of fused-ring (bicyclic) bond motifs is 1. The second-order valence-corrected chi connectivity index (χ2v) is 6.24. The van der Waals surface area contributed by atoms with Crippen molar-refractivity contribution in [1.29, 1.82) is 0 Å². The lowest BCUT2D eigenvalue weighted by Crippen LogP contribution is -2.06. The molecule has 0 aliphatic carbocycles. The molecule has 0 radical (unpaired) electrons. The van der Waals surface area contributed by atoms with Gasteiger partial charge in [-0.25, -0.2) is 4.39 Å². The first kappa shape index (κ1) is 15.5. The molecule has 0 saturated heterocycles. The number of para-hydroxylation sites is 1. The van der Waals surface area contributed by atoms with Crippen molar-refractivity contribution in [2.24, 2.45) is 5.92 Å². The predicted molar refractivity (Wildman–Crippen MR) is 91.3 cm³/mol. The van der Waals surface area contributed by atoms with Gasteiger partial charge in [-0.1, -0.05) is 26.0 Å². The smallest absolute Gasteiger partial charge is 0.149 e. The Balaban J connectivity index is 2.24. The minimum Gasteiger partial charge on any atom is -0.497 e. The van der Waals surface area contributed by atoms with Crippen LogP contribution in [0.15, 0.2) is 36.4 Å². The van der Waals surface area contributed by atoms with E-state index in [-0.39, 0.29) is 5.82 Å². The van der Waals surface area contributed by atoms with Gasteiger partial charge in [0, 0.05) is 17.5 Å². The molecule has 3 aromatic rings. The predicted octanol–water partition coefficient (Wildman–Crippen LogP) is 4.82. The molecule has 0 bridgehead atoms. The third-order valence-corrected chi connectivity index (χ3v) is 3.95. The largest absolute Gasteiger partial charge is 0.497 e. The number of ether oxygens (including phenoxy) is 1. The summed E-state index contributed by atoms with van der Waals surface area (Å²) in [6.45, 7) is 6.91. The summed E-state index contributed by atoms with van der Waals surface area (Å²) in [5, 5.41) is 5.56. The Labute approximate surface area is 135 Å². The fourth-order valence-electron chi connectivity index (χ4n) is 2.90. The van der Waals surface area contributed by atoms with Crippen LogP contribution in [0.2, 0.25) is 0 Å². The van der Waals surface area contributed by atoms with Crippen LogP contribution in [0.5, 0.6) is 5.75 Å². The van der Waals surface area contributed by atoms with E-state index in [0.29, 0.717) is 18.0 Å². The van der Waals surface area contributed by atoms with Crippen LogP contribution in [0.3, 0.4) is 0 Å². The van der Waals surface area contributed by atoms with Gasteiger partial charge < -0.3 is 4.74 Å². The third kappa shape index (κ3) is 2.81. The minimum atomic E-state index is -0.229. The molecule has 23 heavy (non-hydrogen) atoms. The molecule has 0 fully saturated rings. The van der Waals surface area contributed by atoms with E-state index >= 15 is 0 Å². The van der Waals surface area contributed by atoms with Gasteiger partial charge in [0.1, 0.15) is 22.8 Å². The summed E-state index contributed by atoms with van der Waals surface area (Å²) >= 11 is 0. The van der Waals surface area contributed by atoms with Crippen LogP contribution in [0.1, 0.15) is 19.4 Å². The zero-order valence-corrected chi connectivity index (χ0v) is 13.9. The van der Waals surface area contributed by atoms with Gasteiger partial charge in [-0.2, -0.15) is 5.10 Å². The number of nitrogens with zero attached hydrogens (tertiary/aromatic N) is 2. The molecule has 0 N–H and O–H groups in total. The molecular formula is C19H21FN2O. The van der Waals surface area contributed by atoms with Gasteiger partial charge in [-0.05, 0) is 42.7 Å². The van der Waals surface area contributed by atoms with E-state index in [2.05, 4.69) is 13.8 Å². The average molecular weight is 312 g/mol. The highest BCUT2D eigenvalue weighted by molar-refractivity contribution is 5.94. The lowest BCUT2D eigenvalue weighted by molar-refractivity contribution is 0.414. The van der Waals surface area contributed by atoms with Crippen molar-refractivity contribution < 1.29 is 9.13 Å². The van der Waals surface area contributed by atoms with Gasteiger partial charge in [0.15, 0.2) is 0 Å². The molecule has 2 aromatic carbocycles. The van der Waals surface area contributed by atoms with Crippen molar-refractivity contribution in [3.8, 4) is 17.0 Å². The number of aryl methyl sites for hydroxylation is 1. The van der Waals surface area contributed by atoms with E-state index in [4.69, 9.17) is 9.84 Å². The van der Waals surface area contributed by atoms with Crippen LogP contribution in [0, 0.1) is 18.7 Å². The lowest BCUT2D eigenvalue weighted by atomic mass is 10.0. The number of hydrogen-bond donors (Lipinski definition) is 0. The maximum absolute atomic E-state index is 14.4. The first-order chi connectivity index (χ1) is 11.0. The number of benzene rings is 2. The maximum atomic E-state index is 14.4. The summed E-state index contributed by atoms with van der Waals surface area (Å²) in [6, 6.07) is 11.0. The Morgan fingerprint density at radius 3 is 2.65 bits per heavy atom. The zero-order valence-electron chi connectivity index (χ0n) is 13.9. The van der Waals surface area contributed by atoms with E-state index < -0.39 is 0 Å². The van der Waals surface area contributed by atoms with E-state index in [1.165, 1.54) is 6.07 Å². The van der Waals surface area contributed by atoms with Crippen molar-refractivity contribution >= 4 is 10.9 Å². The van der Waals surface area contributed by atoms with Gasteiger partial charge in [0.2, 0.25) is 0 Å². The summed E-state index contributed by atoms with van der Waals surface area (Å²) < 4.78 is 21.4. The summed E-state index contributed by atoms with van der Waals surface area (Å²) in [7, 11) is 1.65. The standard InChI is InChI=1S/C19H21FN2O/c1-12(2)11-22-19-16(6-5-7-17(19)20)18(21-22)15-9-8-14(23-4)10-13(15)3/h5-10,12H,11H2,1-4H3. The first-order valence-corrected chi connectivity index (χ1v) is 7.81. The molecule has 3 rings (SSSR count). The van der Waals surface area contributed by atoms with Crippen LogP contribution in [-0.2, 0) is 6.54 Å². The van der Waals surface area contributed by atoms with Crippen molar-refractivity contribution in [3.63, 3.8) is 0 Å². The maximum Gasteiger partial charge on any atom is 0.149 e. The van der Waals surface area contributed by atoms with E-state index in [9.17, 15) is 4.39 Å². The van der Waals surface area contributed by atoms with E-state index in [0.717, 1.165) is 28.0 Å². The van der Waals surface area contributed by atoms with Crippen molar-refractivity contribution in [2.75, 3.05) is 7.11 Å². The highest BCUT2D eigenvalue weighted by Gasteiger charge is 2.17. The molecule has 1 aromatic heterocycles. The molecule has 0 aliphatic heterocycles. The van der Waals surface area contributed by atoms with E-state index in [1.54, 1.807) is 17.9 Å². The molecule has 0 unspecified atom stereocenters. The van der Waals surface area contributed by atoms with E-state index in [1.807, 2.05) is 31.2 Å². The number of halogens is 1. The SMILES string of the molecule is COc1ccc(-c2nn(CC(C)C)c3c(F)cccc23)c(C)c1. The third-order valence-electron chi connectivity index (χ3n) is 3.95. The Morgan fingerprint density at radius 1 is 1.22 bits per heavy atom. The second kappa shape index (κ2) is 6.03. The first-order valence-electron chi connectivity index (χ1n) is 7.81. The number of methoxy groups -OCH3 is 1. The molecule has 1 heterocycles. The average Bonchev–Trinajstić information content (AvgIpc) is 2.86. The molecule has 0 amide bonds. The van der Waals surface area contributed by atoms with Crippen LogP contribution in [0.25, 0.3) is 22.2 Å². The van der Waals surface area contributed by atoms with Gasteiger partial charge >= 0.3 is 0 Å². The van der Waals surface area contributed by atoms with Crippen LogP contribution >= 0.6 is 0 Å². The molecule has 0 aliphatic rings. The monoisotopic (exact) mass is 312 g/mol. The highest BCUT2D eigenvalue weighted by Crippen LogP contribution is 2.33. The zero-order chi connectivity index (χ0) is 16.6. The summed E-state index contributed by atoms with van der Waals surface area (Å²) in [4.78, 5) is 0. The fraction of sp³-hybridized carbons (Fsp3) is 0.316. The highest BCUT2D eigenvalue weighted by atomic mass is 19.1. The molecule has 0 atom stereocenters. The number of rotatable bonds is 4. The van der Waals surface area contributed by atoms with Gasteiger partial charge in [0.05, 0.1) is 7.11 Å². The van der Waals surface area contributed by atoms with Crippen LogP contribution < -0.4 is 4.74 Å². The lowest BCUT2D eigenvalue weighted by Gasteiger charge is -2.07. The Kier molecular flexibility index (Phi) is 4.07. The molecule has 3 nitrogen and oxygen atoms in total. The van der Waals surface area contributed by atoms with Crippen LogP contribution in [-0.4, -0.2) is 16.9 Å². The minimum absolute atomic E-state index is 0.229. The molecule has 0 spiro atoms. The second-order valence-electron chi connectivity index (χ2n) is 6.24. The quantitative estimate of drug-likeness (QED) is 0.691. The Hall–Kier alpha value is -2.36. The molecule has 120 valence electrons. The normalized spacial score (nSPS) is 11.4. The van der Waals surface area contributed by atoms with Gasteiger partial charge in [-0.15, -0.1) is 0 Å². The number of aromatic nitrogens is 2. The van der Waals surface area contributed by atoms with Crippen molar-refractivity contribution in [3.05, 3.63) is 47.8 Å². The summed E-state index contributed by atoms with van der Waals surface area (Å²) in [5.74, 6) is 0.971. The summed E-state index contributed by atoms with van der Waals surface area (Å²) in [6.07, 6.45) is 0. The van der Waals surface area contributed by atoms with Crippen molar-refractivity contribution in [2.45, 2.75) is 27.3 Å². The molecule has 0 saturated carbocycles. The topological polar surface area (TPSA) is 27.1 Å². The summed E-state index contributed by atoms with van der Waals surface area (Å²) in [5.41, 5.74) is 3.46. The molecular weight excluding hydrogens is 291 g/mol. The van der Waals surface area contributed by atoms with Crippen LogP contribution in [0.4, 0.5) is 4.39 Å². The Bertz CT molecular complexity index is 852. The fourth-order valence-corrected chi connectivity index (χ4v) is 2.90. The van der Waals surface area contributed by atoms with Gasteiger partial charge in [0.25, 0.3) is 0 Å². The Morgan fingerprint density at radius 2 is 2.00 bits per heavy atom. The van der Waals surface area contributed by atoms with Gasteiger partial charge in [-0.3, -0.25) is 4.68 Å². The number of hydrogen-bond acceptors (Lipinski definition) is 2.